The Kier molecular flexibility index (Phi) is 5.90. The molecule has 0 heterocycles. The van der Waals surface area contributed by atoms with E-state index in [-0.39, 0.29) is 0 Å². The minimum absolute atomic E-state index is 0.791. The van der Waals surface area contributed by atoms with Crippen LogP contribution < -0.4 is 10.1 Å². The van der Waals surface area contributed by atoms with Gasteiger partial charge in [0.05, 0.1) is 7.11 Å². The molecule has 0 radical (unpaired) electrons. The van der Waals surface area contributed by atoms with Gasteiger partial charge in [0.2, 0.25) is 0 Å². The van der Waals surface area contributed by atoms with Crippen LogP contribution in [0.15, 0.2) is 29.3 Å². The summed E-state index contributed by atoms with van der Waals surface area (Å²) >= 11 is 0. The summed E-state index contributed by atoms with van der Waals surface area (Å²) in [7, 11) is 3.79. The zero-order valence-electron chi connectivity index (χ0n) is 13.4. The van der Waals surface area contributed by atoms with Crippen LogP contribution >= 0.6 is 0 Å². The average molecular weight is 289 g/mol. The van der Waals surface area contributed by atoms with Gasteiger partial charge in [-0.3, -0.25) is 4.99 Å². The summed E-state index contributed by atoms with van der Waals surface area (Å²) in [5.41, 5.74) is 1.18. The van der Waals surface area contributed by atoms with Crippen molar-refractivity contribution in [2.24, 2.45) is 10.9 Å². The first-order valence-corrected chi connectivity index (χ1v) is 7.86. The van der Waals surface area contributed by atoms with Gasteiger partial charge in [-0.25, -0.2) is 0 Å². The van der Waals surface area contributed by atoms with Crippen molar-refractivity contribution in [3.05, 3.63) is 29.8 Å². The van der Waals surface area contributed by atoms with Crippen LogP contribution in [0.4, 0.5) is 0 Å². The second kappa shape index (κ2) is 7.91. The van der Waals surface area contributed by atoms with Crippen LogP contribution in [0.3, 0.4) is 0 Å². The molecular formula is C17H27N3O. The SMILES string of the molecule is CCNC(=NCCC1CC1)N(C)Cc1ccccc1OC. The van der Waals surface area contributed by atoms with Gasteiger partial charge in [-0.2, -0.15) is 0 Å². The topological polar surface area (TPSA) is 36.9 Å². The Morgan fingerprint density at radius 2 is 2.14 bits per heavy atom. The number of ether oxygens (including phenoxy) is 1. The second-order valence-electron chi connectivity index (χ2n) is 5.64. The van der Waals surface area contributed by atoms with Gasteiger partial charge in [-0.05, 0) is 25.3 Å². The molecule has 1 N–H and O–H groups in total. The molecule has 4 nitrogen and oxygen atoms in total. The molecule has 1 aliphatic rings. The van der Waals surface area contributed by atoms with E-state index in [9.17, 15) is 0 Å². The van der Waals surface area contributed by atoms with Crippen molar-refractivity contribution in [2.75, 3.05) is 27.2 Å². The number of para-hydroxylation sites is 1. The molecule has 0 aliphatic heterocycles. The number of nitrogens with zero attached hydrogens (tertiary/aromatic N) is 2. The molecule has 0 aromatic heterocycles. The van der Waals surface area contributed by atoms with Crippen LogP contribution in [-0.2, 0) is 6.54 Å². The van der Waals surface area contributed by atoms with Crippen molar-refractivity contribution in [3.63, 3.8) is 0 Å². The summed E-state index contributed by atoms with van der Waals surface area (Å²) in [6.07, 6.45) is 4.00. The van der Waals surface area contributed by atoms with Crippen molar-refractivity contribution in [3.8, 4) is 5.75 Å². The maximum absolute atomic E-state index is 5.42. The standard InChI is InChI=1S/C17H27N3O/c1-4-18-17(19-12-11-14-9-10-14)20(2)13-15-7-5-6-8-16(15)21-3/h5-8,14H,4,9-13H2,1-3H3,(H,18,19). The number of benzene rings is 1. The summed E-state index contributed by atoms with van der Waals surface area (Å²) in [4.78, 5) is 6.90. The molecule has 4 heteroatoms. The third-order valence-corrected chi connectivity index (χ3v) is 3.79. The van der Waals surface area contributed by atoms with Gasteiger partial charge in [-0.15, -0.1) is 0 Å². The molecule has 0 saturated heterocycles. The maximum atomic E-state index is 5.42. The number of aliphatic imine (C=N–C) groups is 1. The molecule has 1 saturated carbocycles. The van der Waals surface area contributed by atoms with E-state index in [4.69, 9.17) is 9.73 Å². The third kappa shape index (κ3) is 4.96. The smallest absolute Gasteiger partial charge is 0.193 e. The lowest BCUT2D eigenvalue weighted by Crippen LogP contribution is -2.38. The second-order valence-corrected chi connectivity index (χ2v) is 5.64. The molecule has 0 unspecified atom stereocenters. The van der Waals surface area contributed by atoms with Crippen molar-refractivity contribution in [1.82, 2.24) is 10.2 Å². The van der Waals surface area contributed by atoms with E-state index in [0.29, 0.717) is 0 Å². The molecule has 1 fully saturated rings. The van der Waals surface area contributed by atoms with Gasteiger partial charge in [-0.1, -0.05) is 31.0 Å². The van der Waals surface area contributed by atoms with Crippen molar-refractivity contribution in [1.29, 1.82) is 0 Å². The van der Waals surface area contributed by atoms with E-state index < -0.39 is 0 Å². The molecule has 0 amide bonds. The van der Waals surface area contributed by atoms with Gasteiger partial charge >= 0.3 is 0 Å². The number of guanidine groups is 1. The predicted molar refractivity (Wildman–Crippen MR) is 87.8 cm³/mol. The quantitative estimate of drug-likeness (QED) is 0.619. The van der Waals surface area contributed by atoms with E-state index in [1.54, 1.807) is 7.11 Å². The van der Waals surface area contributed by atoms with E-state index in [1.165, 1.54) is 24.8 Å². The van der Waals surface area contributed by atoms with Crippen LogP contribution in [-0.4, -0.2) is 38.1 Å². The van der Waals surface area contributed by atoms with Crippen LogP contribution in [0, 0.1) is 5.92 Å². The normalized spacial score (nSPS) is 14.9. The van der Waals surface area contributed by atoms with Gasteiger partial charge in [0.15, 0.2) is 5.96 Å². The number of rotatable bonds is 7. The molecule has 1 aromatic rings. The lowest BCUT2D eigenvalue weighted by molar-refractivity contribution is 0.396. The van der Waals surface area contributed by atoms with Crippen molar-refractivity contribution in [2.45, 2.75) is 32.7 Å². The highest BCUT2D eigenvalue weighted by atomic mass is 16.5. The summed E-state index contributed by atoms with van der Waals surface area (Å²) in [5.74, 6) is 2.83. The summed E-state index contributed by atoms with van der Waals surface area (Å²) in [5, 5.41) is 3.37. The molecule has 0 bridgehead atoms. The fourth-order valence-electron chi connectivity index (χ4n) is 2.39. The highest BCUT2D eigenvalue weighted by molar-refractivity contribution is 5.79. The van der Waals surface area contributed by atoms with Gasteiger partial charge in [0.25, 0.3) is 0 Å². The van der Waals surface area contributed by atoms with E-state index in [2.05, 4.69) is 30.3 Å². The molecule has 21 heavy (non-hydrogen) atoms. The predicted octanol–water partition coefficient (Wildman–Crippen LogP) is 2.89. The lowest BCUT2D eigenvalue weighted by Gasteiger charge is -2.23. The summed E-state index contributed by atoms with van der Waals surface area (Å²) in [6, 6.07) is 8.14. The minimum Gasteiger partial charge on any atom is -0.496 e. The highest BCUT2D eigenvalue weighted by Gasteiger charge is 2.20. The molecule has 0 atom stereocenters. The number of hydrogen-bond donors (Lipinski definition) is 1. The first-order chi connectivity index (χ1) is 10.2. The maximum Gasteiger partial charge on any atom is 0.193 e. The molecule has 1 aliphatic carbocycles. The van der Waals surface area contributed by atoms with Gasteiger partial charge in [0, 0.05) is 32.2 Å². The van der Waals surface area contributed by atoms with Gasteiger partial charge in [0.1, 0.15) is 5.75 Å². The van der Waals surface area contributed by atoms with E-state index in [0.717, 1.165) is 37.3 Å². The van der Waals surface area contributed by atoms with Crippen LogP contribution in [0.1, 0.15) is 31.7 Å². The number of nitrogens with one attached hydrogen (secondary N) is 1. The Morgan fingerprint density at radius 1 is 1.38 bits per heavy atom. The first-order valence-electron chi connectivity index (χ1n) is 7.86. The third-order valence-electron chi connectivity index (χ3n) is 3.79. The number of hydrogen-bond acceptors (Lipinski definition) is 2. The van der Waals surface area contributed by atoms with Crippen LogP contribution in [0.25, 0.3) is 0 Å². The lowest BCUT2D eigenvalue weighted by atomic mass is 10.2. The Balaban J connectivity index is 1.97. The van der Waals surface area contributed by atoms with E-state index in [1.807, 2.05) is 18.2 Å². The Bertz CT molecular complexity index is 469. The summed E-state index contributed by atoms with van der Waals surface area (Å²) in [6.45, 7) is 4.70. The number of methoxy groups -OCH3 is 1. The Labute approximate surface area is 128 Å². The molecule has 1 aromatic carbocycles. The average Bonchev–Trinajstić information content (AvgIpc) is 3.31. The largest absolute Gasteiger partial charge is 0.496 e. The molecule has 0 spiro atoms. The van der Waals surface area contributed by atoms with Crippen LogP contribution in [0.2, 0.25) is 0 Å². The highest BCUT2D eigenvalue weighted by Crippen LogP contribution is 2.32. The fraction of sp³-hybridized carbons (Fsp3) is 0.588. The first kappa shape index (κ1) is 15.7. The molecule has 116 valence electrons. The summed E-state index contributed by atoms with van der Waals surface area (Å²) < 4.78 is 5.42. The zero-order chi connectivity index (χ0) is 15.1. The zero-order valence-corrected chi connectivity index (χ0v) is 13.4. The van der Waals surface area contributed by atoms with Gasteiger partial charge < -0.3 is 15.0 Å². The van der Waals surface area contributed by atoms with Crippen molar-refractivity contribution >= 4 is 5.96 Å². The molecule has 2 rings (SSSR count). The Morgan fingerprint density at radius 3 is 2.81 bits per heavy atom. The fourth-order valence-corrected chi connectivity index (χ4v) is 2.39. The van der Waals surface area contributed by atoms with Crippen LogP contribution in [0.5, 0.6) is 5.75 Å². The minimum atomic E-state index is 0.791. The monoisotopic (exact) mass is 289 g/mol. The van der Waals surface area contributed by atoms with E-state index >= 15 is 0 Å². The Hall–Kier alpha value is -1.71. The molecular weight excluding hydrogens is 262 g/mol. The van der Waals surface area contributed by atoms with Crippen molar-refractivity contribution < 1.29 is 4.74 Å².